The van der Waals surface area contributed by atoms with Gasteiger partial charge < -0.3 is 14.2 Å². The van der Waals surface area contributed by atoms with E-state index >= 15 is 0 Å². The molecule has 31 heavy (non-hydrogen) atoms. The van der Waals surface area contributed by atoms with E-state index in [0.29, 0.717) is 30.6 Å². The maximum Gasteiger partial charge on any atom is 0.231 e. The quantitative estimate of drug-likeness (QED) is 0.573. The summed E-state index contributed by atoms with van der Waals surface area (Å²) < 4.78 is 10.9. The molecular weight excluding hydrogens is 390 g/mol. The molecule has 0 bridgehead atoms. The molecule has 1 saturated heterocycles. The summed E-state index contributed by atoms with van der Waals surface area (Å²) in [6.07, 6.45) is 2.23. The monoisotopic (exact) mass is 419 g/mol. The number of hydrogen-bond donors (Lipinski definition) is 0. The average molecular weight is 420 g/mol. The van der Waals surface area contributed by atoms with Crippen LogP contribution in [0.25, 0.3) is 11.4 Å². The van der Waals surface area contributed by atoms with Crippen LogP contribution in [0.2, 0.25) is 0 Å². The molecule has 1 atom stereocenters. The molecule has 162 valence electrons. The second-order valence-electron chi connectivity index (χ2n) is 8.44. The standard InChI is InChI=1S/C25H29N3O3/c1-17(2)19-9-11-20(12-10-19)24-26-25(31-27-24)21-7-5-13-28(16-21)23(29)15-18-6-4-8-22(14-18)30-3/h4,6,8-12,14,17,21H,5,7,13,15-16H2,1-3H3/t21-/m0/s1. The topological polar surface area (TPSA) is 68.5 Å². The highest BCUT2D eigenvalue weighted by molar-refractivity contribution is 5.79. The highest BCUT2D eigenvalue weighted by atomic mass is 16.5. The van der Waals surface area contributed by atoms with Gasteiger partial charge in [0.2, 0.25) is 17.6 Å². The van der Waals surface area contributed by atoms with Crippen molar-refractivity contribution in [1.29, 1.82) is 0 Å². The van der Waals surface area contributed by atoms with Gasteiger partial charge in [-0.25, -0.2) is 0 Å². The Morgan fingerprint density at radius 1 is 1.23 bits per heavy atom. The van der Waals surface area contributed by atoms with Crippen LogP contribution in [0.3, 0.4) is 0 Å². The molecule has 1 aliphatic rings. The van der Waals surface area contributed by atoms with E-state index in [4.69, 9.17) is 9.26 Å². The van der Waals surface area contributed by atoms with Crippen LogP contribution in [0.1, 0.15) is 55.5 Å². The molecule has 4 rings (SSSR count). The summed E-state index contributed by atoms with van der Waals surface area (Å²) in [5, 5.41) is 4.19. The van der Waals surface area contributed by atoms with Crippen molar-refractivity contribution in [1.82, 2.24) is 15.0 Å². The number of methoxy groups -OCH3 is 1. The van der Waals surface area contributed by atoms with Gasteiger partial charge in [0.1, 0.15) is 5.75 Å². The first-order valence-electron chi connectivity index (χ1n) is 10.9. The fourth-order valence-electron chi connectivity index (χ4n) is 4.01. The van der Waals surface area contributed by atoms with Gasteiger partial charge in [-0.3, -0.25) is 4.79 Å². The summed E-state index contributed by atoms with van der Waals surface area (Å²) in [5.74, 6) is 2.65. The lowest BCUT2D eigenvalue weighted by molar-refractivity contribution is -0.131. The molecule has 0 N–H and O–H groups in total. The van der Waals surface area contributed by atoms with Crippen LogP contribution >= 0.6 is 0 Å². The first-order valence-corrected chi connectivity index (χ1v) is 10.9. The minimum atomic E-state index is 0.0687. The third-order valence-electron chi connectivity index (χ3n) is 5.89. The third kappa shape index (κ3) is 4.95. The zero-order chi connectivity index (χ0) is 21.8. The number of likely N-dealkylation sites (tertiary alicyclic amines) is 1. The predicted molar refractivity (Wildman–Crippen MR) is 119 cm³/mol. The van der Waals surface area contributed by atoms with Crippen molar-refractivity contribution in [3.05, 3.63) is 65.5 Å². The van der Waals surface area contributed by atoms with Gasteiger partial charge >= 0.3 is 0 Å². The summed E-state index contributed by atoms with van der Waals surface area (Å²) in [5.41, 5.74) is 3.18. The van der Waals surface area contributed by atoms with Gasteiger partial charge in [0, 0.05) is 18.7 Å². The van der Waals surface area contributed by atoms with Crippen LogP contribution in [0.15, 0.2) is 53.1 Å². The van der Waals surface area contributed by atoms with Gasteiger partial charge in [0.05, 0.1) is 19.4 Å². The van der Waals surface area contributed by atoms with E-state index in [1.54, 1.807) is 7.11 Å². The van der Waals surface area contributed by atoms with E-state index in [1.165, 1.54) is 5.56 Å². The number of piperidine rings is 1. The second-order valence-corrected chi connectivity index (χ2v) is 8.44. The maximum absolute atomic E-state index is 12.9. The van der Waals surface area contributed by atoms with Crippen molar-refractivity contribution in [3.63, 3.8) is 0 Å². The third-order valence-corrected chi connectivity index (χ3v) is 5.89. The molecule has 2 aromatic carbocycles. The molecule has 6 heteroatoms. The highest BCUT2D eigenvalue weighted by Crippen LogP contribution is 2.28. The van der Waals surface area contributed by atoms with Crippen molar-refractivity contribution in [2.75, 3.05) is 20.2 Å². The molecule has 0 radical (unpaired) electrons. The number of aromatic nitrogens is 2. The largest absolute Gasteiger partial charge is 0.497 e. The Morgan fingerprint density at radius 2 is 2.03 bits per heavy atom. The fourth-order valence-corrected chi connectivity index (χ4v) is 4.01. The van der Waals surface area contributed by atoms with E-state index in [0.717, 1.165) is 36.3 Å². The van der Waals surface area contributed by atoms with Crippen LogP contribution < -0.4 is 4.74 Å². The molecule has 0 spiro atoms. The Labute approximate surface area is 183 Å². The lowest BCUT2D eigenvalue weighted by atomic mass is 9.97. The van der Waals surface area contributed by atoms with Crippen LogP contribution in [-0.2, 0) is 11.2 Å². The van der Waals surface area contributed by atoms with Crippen molar-refractivity contribution >= 4 is 5.91 Å². The van der Waals surface area contributed by atoms with Crippen molar-refractivity contribution < 1.29 is 14.1 Å². The lowest BCUT2D eigenvalue weighted by Crippen LogP contribution is -2.40. The maximum atomic E-state index is 12.9. The molecule has 6 nitrogen and oxygen atoms in total. The molecule has 2 heterocycles. The molecule has 0 aliphatic carbocycles. The number of hydrogen-bond acceptors (Lipinski definition) is 5. The Hall–Kier alpha value is -3.15. The molecule has 0 saturated carbocycles. The smallest absolute Gasteiger partial charge is 0.231 e. The van der Waals surface area contributed by atoms with E-state index in [2.05, 4.69) is 36.1 Å². The minimum absolute atomic E-state index is 0.0687. The van der Waals surface area contributed by atoms with Gasteiger partial charge in [-0.2, -0.15) is 4.98 Å². The molecule has 0 unspecified atom stereocenters. The molecule has 1 fully saturated rings. The average Bonchev–Trinajstić information content (AvgIpc) is 3.30. The van der Waals surface area contributed by atoms with Crippen molar-refractivity contribution in [2.24, 2.45) is 0 Å². The zero-order valence-electron chi connectivity index (χ0n) is 18.4. The Bertz CT molecular complexity index is 1030. The lowest BCUT2D eigenvalue weighted by Gasteiger charge is -2.31. The number of rotatable bonds is 6. The van der Waals surface area contributed by atoms with E-state index in [-0.39, 0.29) is 11.8 Å². The Morgan fingerprint density at radius 3 is 2.77 bits per heavy atom. The first-order chi connectivity index (χ1) is 15.0. The molecule has 1 aromatic heterocycles. The van der Waals surface area contributed by atoms with E-state index in [1.807, 2.05) is 41.3 Å². The summed E-state index contributed by atoms with van der Waals surface area (Å²) in [7, 11) is 1.63. The van der Waals surface area contributed by atoms with Crippen molar-refractivity contribution in [3.8, 4) is 17.1 Å². The number of carbonyl (C=O) groups excluding carboxylic acids is 1. The fraction of sp³-hybridized carbons (Fsp3) is 0.400. The van der Waals surface area contributed by atoms with E-state index < -0.39 is 0 Å². The Kier molecular flexibility index (Phi) is 6.35. The Balaban J connectivity index is 1.42. The summed E-state index contributed by atoms with van der Waals surface area (Å²) in [6, 6.07) is 15.9. The van der Waals surface area contributed by atoms with Gasteiger partial charge in [0.15, 0.2) is 0 Å². The van der Waals surface area contributed by atoms with Gasteiger partial charge in [-0.1, -0.05) is 55.4 Å². The van der Waals surface area contributed by atoms with Gasteiger partial charge in [-0.15, -0.1) is 0 Å². The molecule has 1 aliphatic heterocycles. The molecule has 3 aromatic rings. The number of carbonyl (C=O) groups is 1. The zero-order valence-corrected chi connectivity index (χ0v) is 18.4. The van der Waals surface area contributed by atoms with Crippen LogP contribution in [-0.4, -0.2) is 41.1 Å². The van der Waals surface area contributed by atoms with E-state index in [9.17, 15) is 4.79 Å². The number of ether oxygens (including phenoxy) is 1. The van der Waals surface area contributed by atoms with Gasteiger partial charge in [-0.05, 0) is 42.0 Å². The number of nitrogens with zero attached hydrogens (tertiary/aromatic N) is 3. The summed E-state index contributed by atoms with van der Waals surface area (Å²) >= 11 is 0. The normalized spacial score (nSPS) is 16.5. The van der Waals surface area contributed by atoms with Crippen LogP contribution in [0.5, 0.6) is 5.75 Å². The summed E-state index contributed by atoms with van der Waals surface area (Å²) in [6.45, 7) is 5.71. The van der Waals surface area contributed by atoms with Crippen molar-refractivity contribution in [2.45, 2.75) is 44.9 Å². The molecule has 1 amide bonds. The molecular formula is C25H29N3O3. The number of amides is 1. The predicted octanol–water partition coefficient (Wildman–Crippen LogP) is 4.82. The van der Waals surface area contributed by atoms with Gasteiger partial charge in [0.25, 0.3) is 0 Å². The summed E-state index contributed by atoms with van der Waals surface area (Å²) in [4.78, 5) is 19.4. The SMILES string of the molecule is COc1cccc(CC(=O)N2CCC[C@H](c3nc(-c4ccc(C(C)C)cc4)no3)C2)c1. The number of benzene rings is 2. The first kappa shape index (κ1) is 21.1. The highest BCUT2D eigenvalue weighted by Gasteiger charge is 2.28. The minimum Gasteiger partial charge on any atom is -0.497 e. The second kappa shape index (κ2) is 9.33. The van der Waals surface area contributed by atoms with Crippen LogP contribution in [0, 0.1) is 0 Å². The van der Waals surface area contributed by atoms with Crippen LogP contribution in [0.4, 0.5) is 0 Å².